The van der Waals surface area contributed by atoms with Crippen LogP contribution in [0, 0.1) is 11.8 Å². The molecule has 0 saturated heterocycles. The van der Waals surface area contributed by atoms with Crippen LogP contribution in [0.25, 0.3) is 0 Å². The van der Waals surface area contributed by atoms with Crippen LogP contribution in [-0.4, -0.2) is 18.1 Å². The first-order chi connectivity index (χ1) is 6.84. The van der Waals surface area contributed by atoms with E-state index in [4.69, 9.17) is 5.73 Å². The maximum Gasteiger partial charge on any atom is 0.0337 e. The largest absolute Gasteiger partial charge is 0.329 e. The lowest BCUT2D eigenvalue weighted by Crippen LogP contribution is -2.55. The van der Waals surface area contributed by atoms with Gasteiger partial charge < -0.3 is 11.1 Å². The lowest BCUT2D eigenvalue weighted by molar-refractivity contribution is 0.264. The molecule has 3 unspecified atom stereocenters. The quantitative estimate of drug-likeness (QED) is 0.717. The van der Waals surface area contributed by atoms with Crippen molar-refractivity contribution in [3.63, 3.8) is 0 Å². The lowest BCUT2D eigenvalue weighted by Gasteiger charge is -2.34. The Morgan fingerprint density at radius 3 is 2.50 bits per heavy atom. The van der Waals surface area contributed by atoms with Crippen molar-refractivity contribution in [2.24, 2.45) is 17.6 Å². The minimum Gasteiger partial charge on any atom is -0.329 e. The van der Waals surface area contributed by atoms with E-state index in [1.165, 1.54) is 44.9 Å². The van der Waals surface area contributed by atoms with Gasteiger partial charge in [0.25, 0.3) is 0 Å². The highest BCUT2D eigenvalue weighted by Crippen LogP contribution is 2.57. The minimum absolute atomic E-state index is 0.361. The van der Waals surface area contributed by atoms with Crippen molar-refractivity contribution in [2.75, 3.05) is 6.54 Å². The van der Waals surface area contributed by atoms with Crippen LogP contribution >= 0.6 is 0 Å². The molecule has 0 aliphatic heterocycles. The molecule has 3 rings (SSSR count). The molecule has 0 heterocycles. The number of hydrogen-bond donors (Lipinski definition) is 2. The molecule has 0 bridgehead atoms. The molecule has 0 aromatic carbocycles. The summed E-state index contributed by atoms with van der Waals surface area (Å²) in [4.78, 5) is 0. The first-order valence-electron chi connectivity index (χ1n) is 6.32. The van der Waals surface area contributed by atoms with Crippen LogP contribution in [0.1, 0.15) is 44.9 Å². The molecule has 3 N–H and O–H groups in total. The van der Waals surface area contributed by atoms with E-state index in [2.05, 4.69) is 5.32 Å². The average molecular weight is 194 g/mol. The molecular weight excluding hydrogens is 172 g/mol. The molecule has 2 nitrogen and oxygen atoms in total. The number of fused-ring (bicyclic) bond motifs is 1. The lowest BCUT2D eigenvalue weighted by atomic mass is 9.91. The van der Waals surface area contributed by atoms with E-state index in [1.807, 2.05) is 0 Å². The fourth-order valence-electron chi connectivity index (χ4n) is 3.84. The summed E-state index contributed by atoms with van der Waals surface area (Å²) in [5.41, 5.74) is 6.36. The van der Waals surface area contributed by atoms with Crippen LogP contribution < -0.4 is 11.1 Å². The Labute approximate surface area is 86.6 Å². The van der Waals surface area contributed by atoms with E-state index in [9.17, 15) is 0 Å². The van der Waals surface area contributed by atoms with Crippen LogP contribution in [0.4, 0.5) is 0 Å². The van der Waals surface area contributed by atoms with Gasteiger partial charge in [-0.3, -0.25) is 0 Å². The molecule has 0 aromatic rings. The molecule has 3 atom stereocenters. The number of nitrogens with two attached hydrogens (primary N) is 1. The van der Waals surface area contributed by atoms with Gasteiger partial charge in [0.1, 0.15) is 0 Å². The number of rotatable bonds is 3. The Morgan fingerprint density at radius 1 is 1.21 bits per heavy atom. The monoisotopic (exact) mass is 194 g/mol. The van der Waals surface area contributed by atoms with E-state index in [0.29, 0.717) is 5.54 Å². The molecule has 0 radical (unpaired) electrons. The highest BCUT2D eigenvalue weighted by Gasteiger charge is 2.57. The zero-order valence-corrected chi connectivity index (χ0v) is 8.97. The van der Waals surface area contributed by atoms with Gasteiger partial charge in [0.05, 0.1) is 0 Å². The van der Waals surface area contributed by atoms with Gasteiger partial charge in [-0.25, -0.2) is 0 Å². The summed E-state index contributed by atoms with van der Waals surface area (Å²) in [5.74, 6) is 1.97. The third kappa shape index (κ3) is 1.31. The summed E-state index contributed by atoms with van der Waals surface area (Å²) in [6, 6.07) is 0.790. The summed E-state index contributed by atoms with van der Waals surface area (Å²) < 4.78 is 0. The van der Waals surface area contributed by atoms with Gasteiger partial charge in [0.15, 0.2) is 0 Å². The van der Waals surface area contributed by atoms with Gasteiger partial charge >= 0.3 is 0 Å². The third-order valence-electron chi connectivity index (χ3n) is 4.80. The van der Waals surface area contributed by atoms with Crippen LogP contribution in [0.2, 0.25) is 0 Å². The van der Waals surface area contributed by atoms with Crippen LogP contribution in [0.15, 0.2) is 0 Å². The molecule has 3 aliphatic carbocycles. The van der Waals surface area contributed by atoms with Crippen molar-refractivity contribution in [3.8, 4) is 0 Å². The Balaban J connectivity index is 1.67. The van der Waals surface area contributed by atoms with Crippen molar-refractivity contribution < 1.29 is 0 Å². The second-order valence-electron chi connectivity index (χ2n) is 5.63. The smallest absolute Gasteiger partial charge is 0.0337 e. The Morgan fingerprint density at radius 2 is 2.00 bits per heavy atom. The van der Waals surface area contributed by atoms with E-state index >= 15 is 0 Å². The minimum atomic E-state index is 0.361. The molecule has 0 aromatic heterocycles. The highest BCUT2D eigenvalue weighted by molar-refractivity contribution is 5.13. The normalized spacial score (nSPS) is 46.9. The summed E-state index contributed by atoms with van der Waals surface area (Å²) in [6.07, 6.45) is 9.85. The number of nitrogens with one attached hydrogen (secondary N) is 1. The van der Waals surface area contributed by atoms with Gasteiger partial charge in [-0.05, 0) is 43.9 Å². The van der Waals surface area contributed by atoms with E-state index in [0.717, 1.165) is 24.4 Å². The summed E-state index contributed by atoms with van der Waals surface area (Å²) in [5, 5.41) is 3.91. The Hall–Kier alpha value is -0.0800. The molecule has 3 saturated carbocycles. The van der Waals surface area contributed by atoms with E-state index in [-0.39, 0.29) is 0 Å². The van der Waals surface area contributed by atoms with Crippen molar-refractivity contribution in [2.45, 2.75) is 56.5 Å². The van der Waals surface area contributed by atoms with E-state index in [1.54, 1.807) is 0 Å². The second-order valence-corrected chi connectivity index (χ2v) is 5.63. The Kier molecular flexibility index (Phi) is 2.10. The van der Waals surface area contributed by atoms with Crippen LogP contribution in [0.5, 0.6) is 0 Å². The van der Waals surface area contributed by atoms with Gasteiger partial charge in [-0.1, -0.05) is 12.8 Å². The molecule has 0 amide bonds. The zero-order chi connectivity index (χ0) is 9.60. The van der Waals surface area contributed by atoms with Gasteiger partial charge in [0, 0.05) is 18.1 Å². The SMILES string of the molecule is NCC1(NC2CCCC2)CCC2CC21. The van der Waals surface area contributed by atoms with Crippen LogP contribution in [-0.2, 0) is 0 Å². The summed E-state index contributed by atoms with van der Waals surface area (Å²) >= 11 is 0. The molecule has 80 valence electrons. The van der Waals surface area contributed by atoms with Crippen molar-refractivity contribution in [3.05, 3.63) is 0 Å². The maximum atomic E-state index is 6.00. The average Bonchev–Trinajstić information content (AvgIpc) is 2.69. The van der Waals surface area contributed by atoms with Crippen molar-refractivity contribution >= 4 is 0 Å². The maximum absolute atomic E-state index is 6.00. The molecule has 0 spiro atoms. The molecule has 14 heavy (non-hydrogen) atoms. The van der Waals surface area contributed by atoms with Gasteiger partial charge in [-0.15, -0.1) is 0 Å². The zero-order valence-electron chi connectivity index (χ0n) is 8.97. The van der Waals surface area contributed by atoms with Crippen molar-refractivity contribution in [1.29, 1.82) is 0 Å². The van der Waals surface area contributed by atoms with Gasteiger partial charge in [-0.2, -0.15) is 0 Å². The predicted octanol–water partition coefficient (Wildman–Crippen LogP) is 1.65. The first-order valence-corrected chi connectivity index (χ1v) is 6.32. The molecular formula is C12H22N2. The molecule has 3 aliphatic rings. The summed E-state index contributed by atoms with van der Waals surface area (Å²) in [7, 11) is 0. The fourth-order valence-corrected chi connectivity index (χ4v) is 3.84. The third-order valence-corrected chi connectivity index (χ3v) is 4.80. The Bertz CT molecular complexity index is 222. The number of hydrogen-bond acceptors (Lipinski definition) is 2. The standard InChI is InChI=1S/C12H22N2/c13-8-12(6-5-9-7-11(9)12)14-10-3-1-2-4-10/h9-11,14H,1-8,13H2. The summed E-state index contributed by atoms with van der Waals surface area (Å²) in [6.45, 7) is 0.866. The highest BCUT2D eigenvalue weighted by atomic mass is 15.1. The van der Waals surface area contributed by atoms with Crippen LogP contribution in [0.3, 0.4) is 0 Å². The van der Waals surface area contributed by atoms with Crippen molar-refractivity contribution in [1.82, 2.24) is 5.32 Å². The van der Waals surface area contributed by atoms with Gasteiger partial charge in [0.2, 0.25) is 0 Å². The second kappa shape index (κ2) is 3.21. The van der Waals surface area contributed by atoms with E-state index < -0.39 is 0 Å². The predicted molar refractivity (Wildman–Crippen MR) is 58.0 cm³/mol. The fraction of sp³-hybridized carbons (Fsp3) is 1.00. The molecule has 2 heteroatoms. The first kappa shape index (κ1) is 9.17. The molecule has 3 fully saturated rings. The topological polar surface area (TPSA) is 38.0 Å².